The molecule has 1 amide bonds. The van der Waals surface area contributed by atoms with Crippen LogP contribution in [0.15, 0.2) is 66.3 Å². The molecule has 4 rings (SSSR count). The Morgan fingerprint density at radius 3 is 2.86 bits per heavy atom. The Labute approximate surface area is 176 Å². The van der Waals surface area contributed by atoms with E-state index >= 15 is 0 Å². The van der Waals surface area contributed by atoms with Crippen LogP contribution in [0.3, 0.4) is 0 Å². The van der Waals surface area contributed by atoms with Gasteiger partial charge in [-0.25, -0.2) is 9.97 Å². The van der Waals surface area contributed by atoms with Gasteiger partial charge in [0.15, 0.2) is 0 Å². The van der Waals surface area contributed by atoms with Gasteiger partial charge >= 0.3 is 0 Å². The van der Waals surface area contributed by atoms with Gasteiger partial charge in [0, 0.05) is 34.0 Å². The molecule has 2 aromatic carbocycles. The van der Waals surface area contributed by atoms with Gasteiger partial charge in [-0.2, -0.15) is 0 Å². The summed E-state index contributed by atoms with van der Waals surface area (Å²) >= 11 is 7.33. The Kier molecular flexibility index (Phi) is 5.88. The number of H-pyrrole nitrogens is 1. The molecule has 0 radical (unpaired) electrons. The maximum absolute atomic E-state index is 12.4. The van der Waals surface area contributed by atoms with E-state index in [0.29, 0.717) is 23.0 Å². The van der Waals surface area contributed by atoms with Crippen LogP contribution in [-0.4, -0.2) is 20.9 Å². The van der Waals surface area contributed by atoms with Crippen LogP contribution in [0.25, 0.3) is 11.4 Å². The number of aromatic nitrogens is 3. The van der Waals surface area contributed by atoms with Crippen molar-refractivity contribution in [2.24, 2.45) is 0 Å². The van der Waals surface area contributed by atoms with E-state index in [1.807, 2.05) is 29.6 Å². The second-order valence-electron chi connectivity index (χ2n) is 6.22. The molecule has 0 aliphatic carbocycles. The summed E-state index contributed by atoms with van der Waals surface area (Å²) in [5.74, 6) is 1.35. The van der Waals surface area contributed by atoms with Crippen molar-refractivity contribution in [2.75, 3.05) is 5.32 Å². The first-order valence-electron chi connectivity index (χ1n) is 8.87. The molecule has 2 N–H and O–H groups in total. The van der Waals surface area contributed by atoms with Crippen LogP contribution in [0.4, 0.5) is 5.69 Å². The molecule has 146 valence electrons. The van der Waals surface area contributed by atoms with Gasteiger partial charge in [-0.15, -0.1) is 11.3 Å². The Hall–Kier alpha value is -3.16. The average Bonchev–Trinajstić information content (AvgIpc) is 3.40. The summed E-state index contributed by atoms with van der Waals surface area (Å²) in [6.07, 6.45) is 3.65. The standard InChI is InChI=1S/C21H17ClN4O2S/c22-15-4-6-18(7-5-15)28-12-20-26-17(13-29-20)11-19(27)25-16-3-1-2-14(10-16)21-23-8-9-24-21/h1-10,13H,11-12H2,(H,23,24)(H,25,27). The van der Waals surface area contributed by atoms with Crippen LogP contribution < -0.4 is 10.1 Å². The second kappa shape index (κ2) is 8.89. The number of carbonyl (C=O) groups excluding carboxylic acids is 1. The molecular formula is C21H17ClN4O2S. The number of thiazole rings is 1. The minimum atomic E-state index is -0.128. The van der Waals surface area contributed by atoms with Crippen molar-refractivity contribution in [3.8, 4) is 17.1 Å². The van der Waals surface area contributed by atoms with E-state index in [-0.39, 0.29) is 12.3 Å². The number of anilines is 1. The highest BCUT2D eigenvalue weighted by molar-refractivity contribution is 7.09. The van der Waals surface area contributed by atoms with Crippen molar-refractivity contribution >= 4 is 34.5 Å². The van der Waals surface area contributed by atoms with E-state index in [4.69, 9.17) is 16.3 Å². The third-order valence-electron chi connectivity index (χ3n) is 4.03. The zero-order chi connectivity index (χ0) is 20.1. The number of carbonyl (C=O) groups is 1. The summed E-state index contributed by atoms with van der Waals surface area (Å²) in [6, 6.07) is 14.7. The molecule has 29 heavy (non-hydrogen) atoms. The van der Waals surface area contributed by atoms with Crippen molar-refractivity contribution in [1.29, 1.82) is 0 Å². The summed E-state index contributed by atoms with van der Waals surface area (Å²) in [5.41, 5.74) is 2.33. The molecule has 2 aromatic heterocycles. The van der Waals surface area contributed by atoms with Crippen molar-refractivity contribution < 1.29 is 9.53 Å². The highest BCUT2D eigenvalue weighted by Gasteiger charge is 2.10. The minimum absolute atomic E-state index is 0.128. The molecule has 0 saturated carbocycles. The fraction of sp³-hybridized carbons (Fsp3) is 0.0952. The lowest BCUT2D eigenvalue weighted by molar-refractivity contribution is -0.115. The van der Waals surface area contributed by atoms with Gasteiger partial charge in [0.2, 0.25) is 5.91 Å². The minimum Gasteiger partial charge on any atom is -0.486 e. The molecule has 0 bridgehead atoms. The first-order chi connectivity index (χ1) is 14.2. The number of imidazole rings is 1. The zero-order valence-electron chi connectivity index (χ0n) is 15.3. The monoisotopic (exact) mass is 424 g/mol. The lowest BCUT2D eigenvalue weighted by Gasteiger charge is -2.06. The fourth-order valence-electron chi connectivity index (χ4n) is 2.71. The van der Waals surface area contributed by atoms with Crippen LogP contribution in [0.2, 0.25) is 5.02 Å². The third kappa shape index (κ3) is 5.22. The molecule has 4 aromatic rings. The lowest BCUT2D eigenvalue weighted by atomic mass is 10.2. The van der Waals surface area contributed by atoms with Crippen LogP contribution >= 0.6 is 22.9 Å². The lowest BCUT2D eigenvalue weighted by Crippen LogP contribution is -2.14. The van der Waals surface area contributed by atoms with Gasteiger partial charge in [-0.1, -0.05) is 23.7 Å². The number of nitrogens with one attached hydrogen (secondary N) is 2. The summed E-state index contributed by atoms with van der Waals surface area (Å²) in [7, 11) is 0. The van der Waals surface area contributed by atoms with Gasteiger partial charge in [0.1, 0.15) is 23.2 Å². The molecule has 0 unspecified atom stereocenters. The number of ether oxygens (including phenoxy) is 1. The van der Waals surface area contributed by atoms with E-state index in [0.717, 1.165) is 22.1 Å². The normalized spacial score (nSPS) is 10.7. The molecule has 8 heteroatoms. The number of nitrogens with zero attached hydrogens (tertiary/aromatic N) is 2. The van der Waals surface area contributed by atoms with Crippen LogP contribution in [0.5, 0.6) is 5.75 Å². The quantitative estimate of drug-likeness (QED) is 0.440. The molecule has 6 nitrogen and oxygen atoms in total. The van der Waals surface area contributed by atoms with Gasteiger partial charge in [-0.3, -0.25) is 4.79 Å². The molecule has 0 aliphatic rings. The molecule has 0 spiro atoms. The van der Waals surface area contributed by atoms with Gasteiger partial charge in [0.25, 0.3) is 0 Å². The molecule has 0 atom stereocenters. The third-order valence-corrected chi connectivity index (χ3v) is 5.16. The predicted molar refractivity (Wildman–Crippen MR) is 114 cm³/mol. The summed E-state index contributed by atoms with van der Waals surface area (Å²) in [5, 5.41) is 6.25. The molecule has 0 saturated heterocycles. The average molecular weight is 425 g/mol. The number of hydrogen-bond donors (Lipinski definition) is 2. The van der Waals surface area contributed by atoms with Gasteiger partial charge in [0.05, 0.1) is 12.1 Å². The van der Waals surface area contributed by atoms with E-state index in [9.17, 15) is 4.79 Å². The Morgan fingerprint density at radius 2 is 2.07 bits per heavy atom. The van der Waals surface area contributed by atoms with E-state index in [1.165, 1.54) is 11.3 Å². The molecule has 2 heterocycles. The largest absolute Gasteiger partial charge is 0.486 e. The summed E-state index contributed by atoms with van der Waals surface area (Å²) < 4.78 is 5.69. The maximum Gasteiger partial charge on any atom is 0.230 e. The molecular weight excluding hydrogens is 408 g/mol. The number of amides is 1. The summed E-state index contributed by atoms with van der Waals surface area (Å²) in [6.45, 7) is 0.346. The highest BCUT2D eigenvalue weighted by atomic mass is 35.5. The van der Waals surface area contributed by atoms with Crippen molar-refractivity contribution in [3.05, 3.63) is 82.0 Å². The zero-order valence-corrected chi connectivity index (χ0v) is 16.8. The number of rotatable bonds is 7. The number of benzene rings is 2. The highest BCUT2D eigenvalue weighted by Crippen LogP contribution is 2.20. The Balaban J connectivity index is 1.32. The number of aromatic amines is 1. The maximum atomic E-state index is 12.4. The van der Waals surface area contributed by atoms with E-state index in [1.54, 1.807) is 36.7 Å². The van der Waals surface area contributed by atoms with Gasteiger partial charge in [-0.05, 0) is 36.4 Å². The summed E-state index contributed by atoms with van der Waals surface area (Å²) in [4.78, 5) is 24.1. The number of halogens is 1. The predicted octanol–water partition coefficient (Wildman–Crippen LogP) is 4.95. The number of hydrogen-bond acceptors (Lipinski definition) is 5. The van der Waals surface area contributed by atoms with Crippen LogP contribution in [0, 0.1) is 0 Å². The second-order valence-corrected chi connectivity index (χ2v) is 7.60. The molecule has 0 fully saturated rings. The van der Waals surface area contributed by atoms with Gasteiger partial charge < -0.3 is 15.0 Å². The SMILES string of the molecule is O=C(Cc1csc(COc2ccc(Cl)cc2)n1)Nc1cccc(-c2ncc[nH]2)c1. The van der Waals surface area contributed by atoms with E-state index in [2.05, 4.69) is 20.3 Å². The first kappa shape index (κ1) is 19.2. The van der Waals surface area contributed by atoms with Crippen LogP contribution in [-0.2, 0) is 17.8 Å². The van der Waals surface area contributed by atoms with Crippen LogP contribution in [0.1, 0.15) is 10.7 Å². The Bertz CT molecular complexity index is 1090. The van der Waals surface area contributed by atoms with Crippen molar-refractivity contribution in [1.82, 2.24) is 15.0 Å². The first-order valence-corrected chi connectivity index (χ1v) is 10.1. The molecule has 0 aliphatic heterocycles. The Morgan fingerprint density at radius 1 is 1.21 bits per heavy atom. The smallest absolute Gasteiger partial charge is 0.230 e. The van der Waals surface area contributed by atoms with Crippen molar-refractivity contribution in [3.63, 3.8) is 0 Å². The van der Waals surface area contributed by atoms with E-state index < -0.39 is 0 Å². The van der Waals surface area contributed by atoms with Crippen molar-refractivity contribution in [2.45, 2.75) is 13.0 Å². The topological polar surface area (TPSA) is 79.9 Å². The fourth-order valence-corrected chi connectivity index (χ4v) is 3.54.